The van der Waals surface area contributed by atoms with Crippen LogP contribution in [0.5, 0.6) is 0 Å². The van der Waals surface area contributed by atoms with Gasteiger partial charge in [-0.15, -0.1) is 0 Å². The molecule has 0 heterocycles. The molecule has 9 heteroatoms. The van der Waals surface area contributed by atoms with E-state index in [9.17, 15) is 0 Å². The van der Waals surface area contributed by atoms with Gasteiger partial charge in [0, 0.05) is 0 Å². The largest absolute Gasteiger partial charge is 1.00 e. The molecule has 0 saturated heterocycles. The average molecular weight is 632 g/mol. The summed E-state index contributed by atoms with van der Waals surface area (Å²) in [7, 11) is 0. The van der Waals surface area contributed by atoms with Crippen molar-refractivity contribution in [2.24, 2.45) is 0 Å². The summed E-state index contributed by atoms with van der Waals surface area (Å²) in [6, 6.07) is 0. The zero-order chi connectivity index (χ0) is 6.41. The van der Waals surface area contributed by atoms with Crippen LogP contribution in [-0.2, 0) is 0.992 Å². The van der Waals surface area contributed by atoms with Crippen LogP contribution in [0.4, 0.5) is 0 Å². The van der Waals surface area contributed by atoms with Gasteiger partial charge < -0.3 is 0 Å². The summed E-state index contributed by atoms with van der Waals surface area (Å²) in [6.07, 6.45) is 0. The molecule has 0 aliphatic carbocycles. The predicted octanol–water partition coefficient (Wildman–Crippen LogP) is -0.921. The van der Waals surface area contributed by atoms with E-state index >= 15 is 0 Å². The van der Waals surface area contributed by atoms with Crippen LogP contribution in [0.25, 0.3) is 0 Å². The first-order valence-electron chi connectivity index (χ1n) is 0.717. The zero-order valence-corrected chi connectivity index (χ0v) is 19.7. The molecule has 0 atom stereocenters. The summed E-state index contributed by atoms with van der Waals surface area (Å²) in [5.74, 6) is 0. The van der Waals surface area contributed by atoms with Crippen molar-refractivity contribution in [3.05, 3.63) is 0 Å². The van der Waals surface area contributed by atoms with Crippen LogP contribution in [0.15, 0.2) is 0 Å². The van der Waals surface area contributed by atoms with E-state index in [1.165, 1.54) is 0 Å². The van der Waals surface area contributed by atoms with Crippen molar-refractivity contribution >= 4 is 80.6 Å². The Labute approximate surface area is 136 Å². The Hall–Kier alpha value is 5.54. The van der Waals surface area contributed by atoms with Gasteiger partial charge in [-0.2, -0.15) is 0 Å². The van der Waals surface area contributed by atoms with E-state index < -0.39 is 0.992 Å². The zero-order valence-electron chi connectivity index (χ0n) is 4.58. The van der Waals surface area contributed by atoms with Gasteiger partial charge in [-0.3, -0.25) is 0 Å². The van der Waals surface area contributed by atoms with Crippen molar-refractivity contribution in [2.75, 3.05) is 0 Å². The monoisotopic (exact) mass is 625 g/mol. The van der Waals surface area contributed by atoms with Crippen LogP contribution in [-0.4, -0.2) is 0 Å². The summed E-state index contributed by atoms with van der Waals surface area (Å²) in [6.45, 7) is 0. The van der Waals surface area contributed by atoms with Gasteiger partial charge in [0.05, 0.1) is 0 Å². The van der Waals surface area contributed by atoms with E-state index in [0.29, 0.717) is 0 Å². The molecule has 0 aromatic rings. The summed E-state index contributed by atoms with van der Waals surface area (Å²) in [5, 5.41) is 0. The molecule has 0 saturated carbocycles. The van der Waals surface area contributed by atoms with E-state index in [2.05, 4.69) is 80.6 Å². The summed E-state index contributed by atoms with van der Waals surface area (Å²) in [5.41, 5.74) is 0. The standard InChI is InChI=1S/6BrH.2Na.Pd/h6*1H;;;/q;;;;;;2*+1;+4/p-6. The number of hydrogen-bond donors (Lipinski definition) is 0. The van der Waals surface area contributed by atoms with Crippen LogP contribution in [0, 0.1) is 0 Å². The van der Waals surface area contributed by atoms with Gasteiger partial charge in [-0.1, -0.05) is 0 Å². The second kappa shape index (κ2) is 5.05. The fraction of sp³-hybridized carbons (Fsp3) is 0. The molecule has 0 aliphatic rings. The van der Waals surface area contributed by atoms with Crippen LogP contribution in [0.3, 0.4) is 0 Å². The van der Waals surface area contributed by atoms with Crippen LogP contribution in [0.2, 0.25) is 0 Å². The summed E-state index contributed by atoms with van der Waals surface area (Å²) < 4.78 is -3.04. The number of rotatable bonds is 0. The molecule has 0 aliphatic heterocycles. The third-order valence-corrected chi connectivity index (χ3v) is 0. The first-order chi connectivity index (χ1) is 2.45. The molecule has 0 fully saturated rings. The maximum absolute atomic E-state index is 3.33. The molecule has 0 rings (SSSR count). The Morgan fingerprint density at radius 2 is 0.556 bits per heavy atom. The second-order valence-corrected chi connectivity index (χ2v) is 108. The number of hydrogen-bond acceptors (Lipinski definition) is 0. The Kier molecular flexibility index (Phi) is 11.2. The van der Waals surface area contributed by atoms with Crippen molar-refractivity contribution in [3.63, 3.8) is 0 Å². The Morgan fingerprint density at radius 1 is 0.556 bits per heavy atom. The maximum atomic E-state index is 3.33. The van der Waals surface area contributed by atoms with Gasteiger partial charge >= 0.3 is 141 Å². The van der Waals surface area contributed by atoms with Crippen molar-refractivity contribution in [1.82, 2.24) is 0 Å². The maximum Gasteiger partial charge on any atom is 1.00 e. The summed E-state index contributed by atoms with van der Waals surface area (Å²) >= 11 is 20.0. The molecule has 0 spiro atoms. The van der Waals surface area contributed by atoms with Crippen molar-refractivity contribution in [3.8, 4) is 0 Å². The van der Waals surface area contributed by atoms with E-state index in [4.69, 9.17) is 0 Å². The Balaban J connectivity index is -0.000000180. The predicted molar refractivity (Wildman–Crippen MR) is 53.6 cm³/mol. The van der Waals surface area contributed by atoms with Gasteiger partial charge in [0.1, 0.15) is 0 Å². The van der Waals surface area contributed by atoms with Gasteiger partial charge in [0.25, 0.3) is 0 Å². The molecule has 0 aromatic carbocycles. The smallest absolute Gasteiger partial charge is 1.00 e. The number of halogens is 6. The van der Waals surface area contributed by atoms with E-state index in [1.54, 1.807) is 0 Å². The van der Waals surface area contributed by atoms with E-state index in [1.807, 2.05) is 0 Å². The summed E-state index contributed by atoms with van der Waals surface area (Å²) in [4.78, 5) is 0. The van der Waals surface area contributed by atoms with Gasteiger partial charge in [0.2, 0.25) is 0 Å². The molecule has 0 N–H and O–H groups in total. The van der Waals surface area contributed by atoms with Crippen LogP contribution in [0.1, 0.15) is 0 Å². The van der Waals surface area contributed by atoms with Gasteiger partial charge in [-0.25, -0.2) is 0 Å². The first kappa shape index (κ1) is 20.0. The molecule has 0 nitrogen and oxygen atoms in total. The topological polar surface area (TPSA) is 0 Å². The van der Waals surface area contributed by atoms with Crippen LogP contribution < -0.4 is 59.1 Å². The molecule has 9 heavy (non-hydrogen) atoms. The fourth-order valence-electron chi connectivity index (χ4n) is 0. The van der Waals surface area contributed by atoms with E-state index in [-0.39, 0.29) is 59.1 Å². The molecular weight excluding hydrogens is 632 g/mol. The minimum absolute atomic E-state index is 0. The SMILES string of the molecule is [Br][Pd-2]([Br])([Br])([Br])([Br])[Br].[Na+].[Na+]. The molecule has 0 radical (unpaired) electrons. The third kappa shape index (κ3) is 58.7. The molecule has 0 aromatic heterocycles. The average Bonchev–Trinajstić information content (AvgIpc) is 0.592. The third-order valence-electron chi connectivity index (χ3n) is 0. The first-order valence-corrected chi connectivity index (χ1v) is 22.0. The molecule has 0 amide bonds. The van der Waals surface area contributed by atoms with E-state index in [0.717, 1.165) is 0 Å². The van der Waals surface area contributed by atoms with Gasteiger partial charge in [-0.05, 0) is 0 Å². The normalized spacial score (nSPS) is 18.0. The molecule has 0 unspecified atom stereocenters. The Morgan fingerprint density at radius 3 is 0.556 bits per heavy atom. The van der Waals surface area contributed by atoms with Gasteiger partial charge in [0.15, 0.2) is 0 Å². The van der Waals surface area contributed by atoms with Crippen LogP contribution >= 0.6 is 80.6 Å². The molecular formula is Br6Na2Pd. The second-order valence-electron chi connectivity index (χ2n) is 0.678. The van der Waals surface area contributed by atoms with Crippen molar-refractivity contribution in [2.45, 2.75) is 0 Å². The molecule has 0 bridgehead atoms. The quantitative estimate of drug-likeness (QED) is 0.304. The minimum Gasteiger partial charge on any atom is 1.00 e. The van der Waals surface area contributed by atoms with Crippen molar-refractivity contribution < 1.29 is 60.1 Å². The van der Waals surface area contributed by atoms with Crippen molar-refractivity contribution in [1.29, 1.82) is 0 Å². The Bertz CT molecular complexity index is 69.6. The molecule has 54 valence electrons. The minimum atomic E-state index is -3.04. The fourth-order valence-corrected chi connectivity index (χ4v) is 0.